The molecule has 35 heavy (non-hydrogen) atoms. The van der Waals surface area contributed by atoms with Crippen molar-refractivity contribution < 1.29 is 0 Å². The Morgan fingerprint density at radius 2 is 1.26 bits per heavy atom. The van der Waals surface area contributed by atoms with Crippen LogP contribution >= 0.6 is 0 Å². The molecule has 0 N–H and O–H groups in total. The number of nitrogens with zero attached hydrogens (tertiary/aromatic N) is 1. The monoisotopic (exact) mass is 453 g/mol. The minimum atomic E-state index is -0.0489. The molecule has 172 valence electrons. The second-order valence-corrected chi connectivity index (χ2v) is 10.5. The minimum Gasteiger partial charge on any atom is -0.310 e. The number of fused-ring (bicyclic) bond motifs is 4. The molecule has 0 unspecified atom stereocenters. The molecule has 0 saturated heterocycles. The van der Waals surface area contributed by atoms with Gasteiger partial charge >= 0.3 is 0 Å². The van der Waals surface area contributed by atoms with Gasteiger partial charge in [-0.15, -0.1) is 0 Å². The second kappa shape index (κ2) is 8.13. The third-order valence-corrected chi connectivity index (χ3v) is 7.63. The van der Waals surface area contributed by atoms with E-state index in [0.29, 0.717) is 5.92 Å². The number of benzene rings is 5. The molecule has 0 spiro atoms. The van der Waals surface area contributed by atoms with Gasteiger partial charge in [-0.2, -0.15) is 0 Å². The summed E-state index contributed by atoms with van der Waals surface area (Å²) in [5.74, 6) is 0.523. The summed E-state index contributed by atoms with van der Waals surface area (Å²) in [5.41, 5.74) is 10.5. The number of hydrogen-bond donors (Lipinski definition) is 0. The fourth-order valence-corrected chi connectivity index (χ4v) is 5.65. The summed E-state index contributed by atoms with van der Waals surface area (Å²) in [4.78, 5) is 2.40. The maximum atomic E-state index is 2.43. The Kier molecular flexibility index (Phi) is 5.04. The normalized spacial score (nSPS) is 13.6. The van der Waals surface area contributed by atoms with E-state index < -0.39 is 0 Å². The maximum Gasteiger partial charge on any atom is 0.0540 e. The summed E-state index contributed by atoms with van der Waals surface area (Å²) in [6.07, 6.45) is 0. The van der Waals surface area contributed by atoms with Gasteiger partial charge in [-0.1, -0.05) is 107 Å². The van der Waals surface area contributed by atoms with Crippen LogP contribution in [0.15, 0.2) is 109 Å². The number of rotatable bonds is 4. The van der Waals surface area contributed by atoms with Gasteiger partial charge in [0.15, 0.2) is 0 Å². The van der Waals surface area contributed by atoms with E-state index >= 15 is 0 Å². The van der Waals surface area contributed by atoms with E-state index in [0.717, 1.165) is 0 Å². The molecule has 0 bridgehead atoms. The van der Waals surface area contributed by atoms with Crippen molar-refractivity contribution in [2.24, 2.45) is 0 Å². The van der Waals surface area contributed by atoms with E-state index in [1.54, 1.807) is 0 Å². The lowest BCUT2D eigenvalue weighted by Gasteiger charge is -2.29. The fourth-order valence-electron chi connectivity index (χ4n) is 5.65. The van der Waals surface area contributed by atoms with Crippen molar-refractivity contribution in [3.05, 3.63) is 126 Å². The van der Waals surface area contributed by atoms with Crippen LogP contribution in [0.4, 0.5) is 17.1 Å². The molecule has 1 heteroatoms. The Hall–Kier alpha value is -3.84. The van der Waals surface area contributed by atoms with Crippen LogP contribution < -0.4 is 4.90 Å². The van der Waals surface area contributed by atoms with Crippen molar-refractivity contribution in [2.75, 3.05) is 4.90 Å². The quantitative estimate of drug-likeness (QED) is 0.262. The minimum absolute atomic E-state index is 0.0489. The van der Waals surface area contributed by atoms with Gasteiger partial charge in [0.05, 0.1) is 5.69 Å². The molecule has 0 aliphatic heterocycles. The van der Waals surface area contributed by atoms with Crippen LogP contribution in [0.3, 0.4) is 0 Å². The molecule has 1 nitrogen and oxygen atoms in total. The molecular formula is C34H31N. The summed E-state index contributed by atoms with van der Waals surface area (Å²) in [5, 5.41) is 2.50. The molecule has 0 heterocycles. The van der Waals surface area contributed by atoms with Crippen LogP contribution in [0.2, 0.25) is 0 Å². The highest BCUT2D eigenvalue weighted by Crippen LogP contribution is 2.51. The van der Waals surface area contributed by atoms with Crippen LogP contribution in [0, 0.1) is 0 Å². The molecule has 0 atom stereocenters. The first-order chi connectivity index (χ1) is 16.9. The second-order valence-electron chi connectivity index (χ2n) is 10.5. The molecule has 0 amide bonds. The van der Waals surface area contributed by atoms with E-state index in [1.165, 1.54) is 55.7 Å². The Labute approximate surface area is 208 Å². The molecule has 5 aromatic carbocycles. The Morgan fingerprint density at radius 1 is 0.600 bits per heavy atom. The predicted molar refractivity (Wildman–Crippen MR) is 150 cm³/mol. The van der Waals surface area contributed by atoms with Crippen molar-refractivity contribution in [3.63, 3.8) is 0 Å². The number of anilines is 3. The number of hydrogen-bond acceptors (Lipinski definition) is 1. The number of para-hydroxylation sites is 1. The highest BCUT2D eigenvalue weighted by molar-refractivity contribution is 5.99. The molecule has 1 aliphatic carbocycles. The predicted octanol–water partition coefficient (Wildman–Crippen LogP) is 9.74. The van der Waals surface area contributed by atoms with Crippen molar-refractivity contribution in [1.29, 1.82) is 0 Å². The van der Waals surface area contributed by atoms with E-state index in [2.05, 4.69) is 142 Å². The average molecular weight is 454 g/mol. The van der Waals surface area contributed by atoms with E-state index in [1.807, 2.05) is 0 Å². The van der Waals surface area contributed by atoms with Gasteiger partial charge in [0.1, 0.15) is 0 Å². The van der Waals surface area contributed by atoms with Crippen molar-refractivity contribution >= 4 is 27.8 Å². The first-order valence-electron chi connectivity index (χ1n) is 12.6. The largest absolute Gasteiger partial charge is 0.310 e. The van der Waals surface area contributed by atoms with E-state index in [4.69, 9.17) is 0 Å². The first-order valence-corrected chi connectivity index (χ1v) is 12.6. The van der Waals surface area contributed by atoms with Crippen LogP contribution in [0.5, 0.6) is 0 Å². The molecule has 0 saturated carbocycles. The van der Waals surface area contributed by atoms with Gasteiger partial charge in [0.2, 0.25) is 0 Å². The summed E-state index contributed by atoms with van der Waals surface area (Å²) >= 11 is 0. The standard InChI is InChI=1S/C34H31N/c1-23(2)25-17-19-29-30-20-18-27(22-32(30)34(3,4)31(29)21-25)35(26-13-6-5-7-14-26)33-16-10-12-24-11-8-9-15-28(24)33/h5-23H,1-4H3. The zero-order valence-corrected chi connectivity index (χ0v) is 20.9. The highest BCUT2D eigenvalue weighted by atomic mass is 15.1. The van der Waals surface area contributed by atoms with Crippen LogP contribution in [0.25, 0.3) is 21.9 Å². The molecule has 1 aliphatic rings. The highest BCUT2D eigenvalue weighted by Gasteiger charge is 2.36. The smallest absolute Gasteiger partial charge is 0.0540 e. The molecular weight excluding hydrogens is 422 g/mol. The van der Waals surface area contributed by atoms with Crippen molar-refractivity contribution in [1.82, 2.24) is 0 Å². The Balaban J connectivity index is 1.56. The molecule has 0 fully saturated rings. The molecule has 0 radical (unpaired) electrons. The summed E-state index contributed by atoms with van der Waals surface area (Å²) in [7, 11) is 0. The Morgan fingerprint density at radius 3 is 2.03 bits per heavy atom. The molecule has 0 aromatic heterocycles. The third kappa shape index (κ3) is 3.46. The summed E-state index contributed by atoms with van der Waals surface area (Å²) < 4.78 is 0. The lowest BCUT2D eigenvalue weighted by atomic mass is 9.81. The van der Waals surface area contributed by atoms with Crippen molar-refractivity contribution in [2.45, 2.75) is 39.0 Å². The van der Waals surface area contributed by atoms with Gasteiger partial charge in [-0.3, -0.25) is 0 Å². The summed E-state index contributed by atoms with van der Waals surface area (Å²) in [6.45, 7) is 9.29. The average Bonchev–Trinajstić information content (AvgIpc) is 3.11. The lowest BCUT2D eigenvalue weighted by molar-refractivity contribution is 0.658. The fraction of sp³-hybridized carbons (Fsp3) is 0.176. The zero-order chi connectivity index (χ0) is 24.2. The topological polar surface area (TPSA) is 3.24 Å². The van der Waals surface area contributed by atoms with Gasteiger partial charge in [-0.25, -0.2) is 0 Å². The first kappa shape index (κ1) is 21.7. The third-order valence-electron chi connectivity index (χ3n) is 7.63. The zero-order valence-electron chi connectivity index (χ0n) is 20.9. The van der Waals surface area contributed by atoms with Gasteiger partial charge < -0.3 is 4.90 Å². The summed E-state index contributed by atoms with van der Waals surface area (Å²) in [6, 6.07) is 40.0. The maximum absolute atomic E-state index is 2.43. The lowest BCUT2D eigenvalue weighted by Crippen LogP contribution is -2.17. The van der Waals surface area contributed by atoms with Crippen molar-refractivity contribution in [3.8, 4) is 11.1 Å². The van der Waals surface area contributed by atoms with Crippen LogP contribution in [0.1, 0.15) is 50.3 Å². The van der Waals surface area contributed by atoms with Crippen LogP contribution in [-0.2, 0) is 5.41 Å². The van der Waals surface area contributed by atoms with Gasteiger partial charge in [0.25, 0.3) is 0 Å². The van der Waals surface area contributed by atoms with Crippen LogP contribution in [-0.4, -0.2) is 0 Å². The van der Waals surface area contributed by atoms with Gasteiger partial charge in [-0.05, 0) is 69.5 Å². The SMILES string of the molecule is CC(C)c1ccc2c(c1)C(C)(C)c1cc(N(c3ccccc3)c3cccc4ccccc34)ccc1-2. The molecule has 6 rings (SSSR count). The van der Waals surface area contributed by atoms with Gasteiger partial charge in [0, 0.05) is 22.2 Å². The molecule has 5 aromatic rings. The van der Waals surface area contributed by atoms with E-state index in [9.17, 15) is 0 Å². The Bertz CT molecular complexity index is 1540. The van der Waals surface area contributed by atoms with E-state index in [-0.39, 0.29) is 5.41 Å².